The highest BCUT2D eigenvalue weighted by molar-refractivity contribution is 5.95. The van der Waals surface area contributed by atoms with E-state index in [4.69, 9.17) is 0 Å². The summed E-state index contributed by atoms with van der Waals surface area (Å²) in [7, 11) is 0. The fourth-order valence-electron chi connectivity index (χ4n) is 3.04. The van der Waals surface area contributed by atoms with Crippen molar-refractivity contribution in [3.63, 3.8) is 0 Å². The topological polar surface area (TPSA) is 73.5 Å². The fraction of sp³-hybridized carbons (Fsp3) is 0.316. The summed E-state index contributed by atoms with van der Waals surface area (Å²) < 4.78 is 13.8. The maximum Gasteiger partial charge on any atom is 0.259 e. The van der Waals surface area contributed by atoms with Gasteiger partial charge in [-0.1, -0.05) is 12.1 Å². The predicted molar refractivity (Wildman–Crippen MR) is 94.6 cm³/mol. The van der Waals surface area contributed by atoms with E-state index in [1.54, 1.807) is 22.8 Å². The molecule has 2 heterocycles. The van der Waals surface area contributed by atoms with Crippen molar-refractivity contribution >= 4 is 11.8 Å². The van der Waals surface area contributed by atoms with Crippen molar-refractivity contribution in [3.05, 3.63) is 69.4 Å². The van der Waals surface area contributed by atoms with Crippen LogP contribution >= 0.6 is 0 Å². The average Bonchev–Trinajstić information content (AvgIpc) is 2.87. The van der Waals surface area contributed by atoms with Gasteiger partial charge in [-0.2, -0.15) is 0 Å². The van der Waals surface area contributed by atoms with Gasteiger partial charge < -0.3 is 14.8 Å². The molecule has 0 radical (unpaired) electrons. The van der Waals surface area contributed by atoms with Crippen LogP contribution in [0.25, 0.3) is 0 Å². The second kappa shape index (κ2) is 7.51. The Bertz CT molecular complexity index is 894. The van der Waals surface area contributed by atoms with E-state index in [0.717, 1.165) is 0 Å². The lowest BCUT2D eigenvalue weighted by atomic mass is 10.2. The number of aromatic amines is 1. The summed E-state index contributed by atoms with van der Waals surface area (Å²) in [5, 5.41) is 0. The zero-order valence-corrected chi connectivity index (χ0v) is 14.5. The first-order chi connectivity index (χ1) is 12.5. The Kier molecular flexibility index (Phi) is 5.16. The Morgan fingerprint density at radius 3 is 2.23 bits per heavy atom. The second-order valence-electron chi connectivity index (χ2n) is 6.31. The van der Waals surface area contributed by atoms with Crippen LogP contribution in [0.2, 0.25) is 0 Å². The minimum Gasteiger partial charge on any atom is -0.364 e. The van der Waals surface area contributed by atoms with Gasteiger partial charge in [-0.15, -0.1) is 0 Å². The molecule has 136 valence electrons. The first-order valence-electron chi connectivity index (χ1n) is 8.50. The number of carbonyl (C=O) groups is 2. The zero-order chi connectivity index (χ0) is 18.7. The maximum atomic E-state index is 13.8. The molecule has 3 rings (SSSR count). The van der Waals surface area contributed by atoms with E-state index in [0.29, 0.717) is 38.3 Å². The van der Waals surface area contributed by atoms with Crippen LogP contribution in [0.15, 0.2) is 41.3 Å². The Labute approximate surface area is 150 Å². The monoisotopic (exact) mass is 357 g/mol. The van der Waals surface area contributed by atoms with Gasteiger partial charge in [0.25, 0.3) is 11.8 Å². The van der Waals surface area contributed by atoms with E-state index in [2.05, 4.69) is 4.98 Å². The van der Waals surface area contributed by atoms with E-state index in [-0.39, 0.29) is 28.4 Å². The number of halogens is 1. The number of aromatic nitrogens is 1. The van der Waals surface area contributed by atoms with Crippen LogP contribution < -0.4 is 5.43 Å². The largest absolute Gasteiger partial charge is 0.364 e. The lowest BCUT2D eigenvalue weighted by Gasteiger charge is -2.22. The number of H-pyrrole nitrogens is 1. The molecule has 0 aliphatic carbocycles. The first-order valence-corrected chi connectivity index (χ1v) is 8.50. The molecule has 0 atom stereocenters. The number of hydrogen-bond donors (Lipinski definition) is 1. The molecule has 1 N–H and O–H groups in total. The fourth-order valence-corrected chi connectivity index (χ4v) is 3.04. The number of carbonyl (C=O) groups excluding carboxylic acids is 2. The van der Waals surface area contributed by atoms with E-state index in [1.165, 1.54) is 30.5 Å². The molecular weight excluding hydrogens is 337 g/mol. The van der Waals surface area contributed by atoms with E-state index in [1.807, 2.05) is 0 Å². The van der Waals surface area contributed by atoms with Crippen molar-refractivity contribution in [2.75, 3.05) is 26.2 Å². The van der Waals surface area contributed by atoms with Gasteiger partial charge in [-0.05, 0) is 25.5 Å². The molecule has 0 unspecified atom stereocenters. The Morgan fingerprint density at radius 1 is 1.00 bits per heavy atom. The third-order valence-corrected chi connectivity index (χ3v) is 4.46. The minimum absolute atomic E-state index is 0.0299. The van der Waals surface area contributed by atoms with E-state index < -0.39 is 5.82 Å². The summed E-state index contributed by atoms with van der Waals surface area (Å²) in [5.74, 6) is -1.29. The first kappa shape index (κ1) is 17.8. The summed E-state index contributed by atoms with van der Waals surface area (Å²) >= 11 is 0. The normalized spacial score (nSPS) is 14.8. The van der Waals surface area contributed by atoms with Crippen molar-refractivity contribution in [3.8, 4) is 0 Å². The molecule has 1 aliphatic heterocycles. The van der Waals surface area contributed by atoms with Crippen LogP contribution in [0.3, 0.4) is 0 Å². The van der Waals surface area contributed by atoms with Crippen LogP contribution in [0.5, 0.6) is 0 Å². The van der Waals surface area contributed by atoms with Gasteiger partial charge in [0, 0.05) is 44.1 Å². The third kappa shape index (κ3) is 3.66. The molecule has 1 saturated heterocycles. The van der Waals surface area contributed by atoms with Gasteiger partial charge in [0.1, 0.15) is 11.4 Å². The van der Waals surface area contributed by atoms with Gasteiger partial charge in [0.05, 0.1) is 5.56 Å². The Hall–Kier alpha value is -2.96. The second-order valence-corrected chi connectivity index (χ2v) is 6.31. The summed E-state index contributed by atoms with van der Waals surface area (Å²) in [4.78, 5) is 43.2. The molecule has 7 heteroatoms. The highest BCUT2D eigenvalue weighted by atomic mass is 19.1. The van der Waals surface area contributed by atoms with Gasteiger partial charge in [0.15, 0.2) is 5.43 Å². The van der Waals surface area contributed by atoms with Crippen LogP contribution in [0.4, 0.5) is 4.39 Å². The number of benzene rings is 1. The molecule has 1 fully saturated rings. The van der Waals surface area contributed by atoms with Gasteiger partial charge in [-0.25, -0.2) is 4.39 Å². The van der Waals surface area contributed by atoms with E-state index in [9.17, 15) is 18.8 Å². The standard InChI is InChI=1S/C19H20FN3O3/c1-13-11-17(24)15(12-21-13)19(26)23-8-4-7-22(9-10-23)18(25)14-5-2-3-6-16(14)20/h2-3,5-6,11-12H,4,7-10H2,1H3,(H,21,24). The molecule has 0 spiro atoms. The molecular formula is C19H20FN3O3. The number of aryl methyl sites for hydroxylation is 1. The average molecular weight is 357 g/mol. The maximum absolute atomic E-state index is 13.8. The molecule has 0 bridgehead atoms. The lowest BCUT2D eigenvalue weighted by Crippen LogP contribution is -2.39. The summed E-state index contributed by atoms with van der Waals surface area (Å²) in [6.07, 6.45) is 1.99. The summed E-state index contributed by atoms with van der Waals surface area (Å²) in [6.45, 7) is 3.21. The van der Waals surface area contributed by atoms with Crippen LogP contribution in [0.1, 0.15) is 32.8 Å². The van der Waals surface area contributed by atoms with Crippen molar-refractivity contribution < 1.29 is 14.0 Å². The molecule has 6 nitrogen and oxygen atoms in total. The highest BCUT2D eigenvalue weighted by Crippen LogP contribution is 2.13. The molecule has 2 amide bonds. The highest BCUT2D eigenvalue weighted by Gasteiger charge is 2.25. The third-order valence-electron chi connectivity index (χ3n) is 4.46. The Morgan fingerprint density at radius 2 is 1.62 bits per heavy atom. The molecule has 2 aromatic rings. The SMILES string of the molecule is Cc1cc(=O)c(C(=O)N2CCCN(C(=O)c3ccccc3F)CC2)c[nH]1. The van der Waals surface area contributed by atoms with Gasteiger partial charge in [-0.3, -0.25) is 14.4 Å². The number of hydrogen-bond acceptors (Lipinski definition) is 3. The van der Waals surface area contributed by atoms with Crippen LogP contribution in [-0.2, 0) is 0 Å². The van der Waals surface area contributed by atoms with Crippen molar-refractivity contribution in [2.24, 2.45) is 0 Å². The van der Waals surface area contributed by atoms with Crippen molar-refractivity contribution in [1.82, 2.24) is 14.8 Å². The molecule has 1 aromatic carbocycles. The number of amides is 2. The summed E-state index contributed by atoms with van der Waals surface area (Å²) in [6, 6.07) is 7.25. The van der Waals surface area contributed by atoms with E-state index >= 15 is 0 Å². The van der Waals surface area contributed by atoms with Crippen molar-refractivity contribution in [1.29, 1.82) is 0 Å². The van der Waals surface area contributed by atoms with Gasteiger partial charge in [0.2, 0.25) is 0 Å². The number of nitrogens with one attached hydrogen (secondary N) is 1. The quantitative estimate of drug-likeness (QED) is 0.891. The minimum atomic E-state index is -0.555. The van der Waals surface area contributed by atoms with Crippen LogP contribution in [0, 0.1) is 12.7 Å². The van der Waals surface area contributed by atoms with Crippen LogP contribution in [-0.4, -0.2) is 52.8 Å². The molecule has 1 aromatic heterocycles. The smallest absolute Gasteiger partial charge is 0.259 e. The lowest BCUT2D eigenvalue weighted by molar-refractivity contribution is 0.0715. The van der Waals surface area contributed by atoms with Crippen molar-refractivity contribution in [2.45, 2.75) is 13.3 Å². The molecule has 1 aliphatic rings. The number of nitrogens with zero attached hydrogens (tertiary/aromatic N) is 2. The zero-order valence-electron chi connectivity index (χ0n) is 14.5. The predicted octanol–water partition coefficient (Wildman–Crippen LogP) is 1.81. The molecule has 26 heavy (non-hydrogen) atoms. The molecule has 0 saturated carbocycles. The Balaban J connectivity index is 1.72. The number of pyridine rings is 1. The number of rotatable bonds is 2. The summed E-state index contributed by atoms with van der Waals surface area (Å²) in [5.41, 5.74) is 0.477. The van der Waals surface area contributed by atoms with Gasteiger partial charge >= 0.3 is 0 Å².